The maximum Gasteiger partial charge on any atom is 0.306 e. The summed E-state index contributed by atoms with van der Waals surface area (Å²) in [5, 5.41) is 20.4. The number of aliphatic hydroxyl groups is 1. The molecule has 0 aromatic heterocycles. The molecule has 0 aliphatic carbocycles. The molecule has 0 radical (unpaired) electrons. The predicted molar refractivity (Wildman–Crippen MR) is 76.6 cm³/mol. The number of piperidine rings is 1. The summed E-state index contributed by atoms with van der Waals surface area (Å²) in [6, 6.07) is 4.41. The molecule has 1 aliphatic heterocycles. The SMILES string of the molecule is NNc1cccc(C(=O)N2CCCC(CO)C2)c1[N+](=O)[O-]. The Hall–Kier alpha value is -2.19. The van der Waals surface area contributed by atoms with Crippen molar-refractivity contribution in [2.75, 3.05) is 25.1 Å². The van der Waals surface area contributed by atoms with Crippen molar-refractivity contribution < 1.29 is 14.8 Å². The molecule has 1 fully saturated rings. The van der Waals surface area contributed by atoms with Crippen LogP contribution in [0.4, 0.5) is 11.4 Å². The number of nitro groups is 1. The van der Waals surface area contributed by atoms with Crippen LogP contribution < -0.4 is 11.3 Å². The highest BCUT2D eigenvalue weighted by molar-refractivity contribution is 6.00. The van der Waals surface area contributed by atoms with Crippen LogP contribution in [0.3, 0.4) is 0 Å². The maximum atomic E-state index is 12.5. The fraction of sp³-hybridized carbons (Fsp3) is 0.462. The number of rotatable bonds is 4. The maximum absolute atomic E-state index is 12.5. The zero-order valence-corrected chi connectivity index (χ0v) is 11.5. The summed E-state index contributed by atoms with van der Waals surface area (Å²) >= 11 is 0. The Morgan fingerprint density at radius 1 is 1.57 bits per heavy atom. The van der Waals surface area contributed by atoms with Crippen LogP contribution in [0.25, 0.3) is 0 Å². The summed E-state index contributed by atoms with van der Waals surface area (Å²) < 4.78 is 0. The lowest BCUT2D eigenvalue weighted by atomic mass is 9.98. The molecule has 0 spiro atoms. The summed E-state index contributed by atoms with van der Waals surface area (Å²) in [6.45, 7) is 0.954. The second-order valence-corrected chi connectivity index (χ2v) is 5.05. The first-order valence-electron chi connectivity index (χ1n) is 6.72. The molecule has 21 heavy (non-hydrogen) atoms. The molecule has 1 atom stereocenters. The molecule has 1 aliphatic rings. The van der Waals surface area contributed by atoms with Gasteiger partial charge in [0.05, 0.1) is 4.92 Å². The Bertz CT molecular complexity index is 549. The first kappa shape index (κ1) is 15.2. The normalized spacial score (nSPS) is 18.4. The number of nitrogens with two attached hydrogens (primary N) is 1. The molecule has 2 rings (SSSR count). The Morgan fingerprint density at radius 3 is 2.95 bits per heavy atom. The monoisotopic (exact) mass is 294 g/mol. The molecule has 0 saturated carbocycles. The van der Waals surface area contributed by atoms with Crippen molar-refractivity contribution in [3.63, 3.8) is 0 Å². The van der Waals surface area contributed by atoms with Gasteiger partial charge in [-0.2, -0.15) is 0 Å². The number of hydrogen-bond acceptors (Lipinski definition) is 6. The second-order valence-electron chi connectivity index (χ2n) is 5.05. The number of nitro benzene ring substituents is 1. The van der Waals surface area contributed by atoms with Crippen LogP contribution in [0.1, 0.15) is 23.2 Å². The van der Waals surface area contributed by atoms with Crippen molar-refractivity contribution in [2.24, 2.45) is 11.8 Å². The van der Waals surface area contributed by atoms with E-state index < -0.39 is 10.8 Å². The molecule has 114 valence electrons. The van der Waals surface area contributed by atoms with Gasteiger partial charge in [0.2, 0.25) is 0 Å². The molecule has 4 N–H and O–H groups in total. The number of para-hydroxylation sites is 1. The van der Waals surface area contributed by atoms with E-state index in [1.54, 1.807) is 11.0 Å². The highest BCUT2D eigenvalue weighted by Crippen LogP contribution is 2.30. The van der Waals surface area contributed by atoms with E-state index in [1.807, 2.05) is 0 Å². The van der Waals surface area contributed by atoms with E-state index in [1.165, 1.54) is 12.1 Å². The number of carbonyl (C=O) groups excluding carboxylic acids is 1. The van der Waals surface area contributed by atoms with Gasteiger partial charge >= 0.3 is 5.69 Å². The molecule has 8 heteroatoms. The van der Waals surface area contributed by atoms with E-state index in [2.05, 4.69) is 5.43 Å². The molecular weight excluding hydrogens is 276 g/mol. The van der Waals surface area contributed by atoms with E-state index >= 15 is 0 Å². The largest absolute Gasteiger partial charge is 0.396 e. The molecular formula is C13H18N4O4. The zero-order chi connectivity index (χ0) is 15.4. The Labute approximate surface area is 121 Å². The van der Waals surface area contributed by atoms with Gasteiger partial charge in [-0.15, -0.1) is 0 Å². The molecule has 1 saturated heterocycles. The number of carbonyl (C=O) groups is 1. The molecule has 1 amide bonds. The van der Waals surface area contributed by atoms with Gasteiger partial charge in [-0.3, -0.25) is 20.8 Å². The van der Waals surface area contributed by atoms with Gasteiger partial charge in [0.1, 0.15) is 11.3 Å². The first-order valence-corrected chi connectivity index (χ1v) is 6.72. The third-order valence-corrected chi connectivity index (χ3v) is 3.67. The summed E-state index contributed by atoms with van der Waals surface area (Å²) in [7, 11) is 0. The minimum absolute atomic E-state index is 0.00837. The highest BCUT2D eigenvalue weighted by atomic mass is 16.6. The van der Waals surface area contributed by atoms with Gasteiger partial charge < -0.3 is 15.4 Å². The highest BCUT2D eigenvalue weighted by Gasteiger charge is 2.30. The summed E-state index contributed by atoms with van der Waals surface area (Å²) in [6.07, 6.45) is 1.63. The van der Waals surface area contributed by atoms with Crippen molar-refractivity contribution in [1.82, 2.24) is 4.90 Å². The van der Waals surface area contributed by atoms with Crippen LogP contribution in [0.15, 0.2) is 18.2 Å². The number of nitrogens with one attached hydrogen (secondary N) is 1. The Kier molecular flexibility index (Phi) is 4.71. The first-order chi connectivity index (χ1) is 10.1. The minimum atomic E-state index is -0.615. The van der Waals surface area contributed by atoms with Crippen LogP contribution in [0.5, 0.6) is 0 Å². The van der Waals surface area contributed by atoms with E-state index in [0.29, 0.717) is 13.1 Å². The number of aliphatic hydroxyl groups excluding tert-OH is 1. The summed E-state index contributed by atoms with van der Waals surface area (Å²) in [4.78, 5) is 24.7. The number of likely N-dealkylation sites (tertiary alicyclic amines) is 1. The Morgan fingerprint density at radius 2 is 2.33 bits per heavy atom. The predicted octanol–water partition coefficient (Wildman–Crippen LogP) is 0.725. The van der Waals surface area contributed by atoms with E-state index in [9.17, 15) is 20.0 Å². The van der Waals surface area contributed by atoms with Gasteiger partial charge in [0.15, 0.2) is 0 Å². The summed E-state index contributed by atoms with van der Waals surface area (Å²) in [5.41, 5.74) is 2.03. The van der Waals surface area contributed by atoms with Crippen LogP contribution in [0.2, 0.25) is 0 Å². The van der Waals surface area contributed by atoms with E-state index in [-0.39, 0.29) is 29.5 Å². The lowest BCUT2D eigenvalue weighted by molar-refractivity contribution is -0.384. The average Bonchev–Trinajstić information content (AvgIpc) is 2.53. The summed E-state index contributed by atoms with van der Waals surface area (Å²) in [5.74, 6) is 4.89. The van der Waals surface area contributed by atoms with Crippen LogP contribution >= 0.6 is 0 Å². The van der Waals surface area contributed by atoms with Gasteiger partial charge in [0.25, 0.3) is 5.91 Å². The zero-order valence-electron chi connectivity index (χ0n) is 11.5. The van der Waals surface area contributed by atoms with Crippen molar-refractivity contribution >= 4 is 17.3 Å². The molecule has 1 aromatic carbocycles. The lowest BCUT2D eigenvalue weighted by Crippen LogP contribution is -2.41. The molecule has 1 aromatic rings. The molecule has 8 nitrogen and oxygen atoms in total. The lowest BCUT2D eigenvalue weighted by Gasteiger charge is -2.31. The number of amides is 1. The fourth-order valence-electron chi connectivity index (χ4n) is 2.60. The van der Waals surface area contributed by atoms with Crippen molar-refractivity contribution in [3.05, 3.63) is 33.9 Å². The molecule has 0 bridgehead atoms. The number of hydrogen-bond donors (Lipinski definition) is 3. The van der Waals surface area contributed by atoms with Crippen molar-refractivity contribution in [3.8, 4) is 0 Å². The van der Waals surface area contributed by atoms with Crippen LogP contribution in [-0.2, 0) is 0 Å². The topological polar surface area (TPSA) is 122 Å². The number of anilines is 1. The van der Waals surface area contributed by atoms with Gasteiger partial charge in [-0.05, 0) is 30.9 Å². The Balaban J connectivity index is 2.32. The smallest absolute Gasteiger partial charge is 0.306 e. The van der Waals surface area contributed by atoms with E-state index in [0.717, 1.165) is 12.8 Å². The minimum Gasteiger partial charge on any atom is -0.396 e. The number of benzene rings is 1. The number of nitrogens with zero attached hydrogens (tertiary/aromatic N) is 2. The van der Waals surface area contributed by atoms with Crippen LogP contribution in [0, 0.1) is 16.0 Å². The number of hydrazine groups is 1. The molecule has 1 heterocycles. The van der Waals surface area contributed by atoms with Gasteiger partial charge in [-0.1, -0.05) is 6.07 Å². The van der Waals surface area contributed by atoms with Crippen molar-refractivity contribution in [1.29, 1.82) is 0 Å². The average molecular weight is 294 g/mol. The fourth-order valence-corrected chi connectivity index (χ4v) is 2.60. The molecule has 1 unspecified atom stereocenters. The van der Waals surface area contributed by atoms with Gasteiger partial charge in [0, 0.05) is 19.7 Å². The standard InChI is InChI=1S/C13H18N4O4/c14-15-11-5-1-4-10(12(11)17(20)21)13(19)16-6-2-3-9(7-16)8-18/h1,4-5,9,15,18H,2-3,6-8,14H2. The van der Waals surface area contributed by atoms with Crippen LogP contribution in [-0.4, -0.2) is 40.5 Å². The van der Waals surface area contributed by atoms with E-state index in [4.69, 9.17) is 5.84 Å². The third kappa shape index (κ3) is 3.11. The third-order valence-electron chi connectivity index (χ3n) is 3.67. The second kappa shape index (κ2) is 6.51. The number of nitrogen functional groups attached to an aromatic ring is 1. The van der Waals surface area contributed by atoms with Crippen molar-refractivity contribution in [2.45, 2.75) is 12.8 Å². The quantitative estimate of drug-likeness (QED) is 0.427. The van der Waals surface area contributed by atoms with Gasteiger partial charge in [-0.25, -0.2) is 0 Å².